The number of hydrogen-bond donors (Lipinski definition) is 0. The van der Waals surface area contributed by atoms with E-state index >= 15 is 0 Å². The molecule has 0 aliphatic carbocycles. The number of nitro benzene ring substituents is 1. The van der Waals surface area contributed by atoms with Crippen molar-refractivity contribution in [2.75, 3.05) is 0 Å². The van der Waals surface area contributed by atoms with Gasteiger partial charge < -0.3 is 4.74 Å². The number of fused-ring (bicyclic) bond motifs is 1. The zero-order valence-corrected chi connectivity index (χ0v) is 18.6. The Labute approximate surface area is 190 Å². The molecule has 4 rings (SSSR count). The fourth-order valence-electron chi connectivity index (χ4n) is 3.23. The maximum atomic E-state index is 12.7. The average Bonchev–Trinajstić information content (AvgIpc) is 3.38. The molecule has 3 heterocycles. The largest absolute Gasteiger partial charge is 0.456 e. The molecule has 0 N–H and O–H groups in total. The van der Waals surface area contributed by atoms with E-state index in [0.717, 1.165) is 9.92 Å². The fraction of sp³-hybridized carbons (Fsp3) is 0.250. The van der Waals surface area contributed by atoms with Crippen LogP contribution in [-0.4, -0.2) is 38.2 Å². The number of amides is 1. The number of esters is 1. The third kappa shape index (κ3) is 4.36. The van der Waals surface area contributed by atoms with Crippen molar-refractivity contribution in [1.29, 1.82) is 0 Å². The SMILES string of the molecule is CC(Cl)=C(C(=O)OCc1ccc([N+](=O)[O-])cc1)N1C(=O)C2N=C(Cc3cccs3)SC21. The first-order valence-electron chi connectivity index (χ1n) is 9.21. The number of carbonyl (C=O) groups excluding carboxylic acids is 2. The van der Waals surface area contributed by atoms with E-state index in [1.807, 2.05) is 17.5 Å². The lowest BCUT2D eigenvalue weighted by atomic mass is 10.1. The van der Waals surface area contributed by atoms with Gasteiger partial charge in [-0.05, 0) is 36.1 Å². The van der Waals surface area contributed by atoms with Crippen LogP contribution in [0.15, 0.2) is 57.5 Å². The number of nitro groups is 1. The zero-order valence-electron chi connectivity index (χ0n) is 16.2. The number of halogens is 1. The van der Waals surface area contributed by atoms with Crippen molar-refractivity contribution in [1.82, 2.24) is 4.90 Å². The van der Waals surface area contributed by atoms with Crippen LogP contribution in [0.4, 0.5) is 5.69 Å². The van der Waals surface area contributed by atoms with Crippen LogP contribution in [0.1, 0.15) is 17.4 Å². The number of carbonyl (C=O) groups is 2. The minimum Gasteiger partial charge on any atom is -0.456 e. The van der Waals surface area contributed by atoms with Crippen LogP contribution in [0.3, 0.4) is 0 Å². The van der Waals surface area contributed by atoms with Gasteiger partial charge in [-0.2, -0.15) is 0 Å². The smallest absolute Gasteiger partial charge is 0.356 e. The van der Waals surface area contributed by atoms with Crippen LogP contribution in [0, 0.1) is 10.1 Å². The van der Waals surface area contributed by atoms with Crippen molar-refractivity contribution >= 4 is 57.3 Å². The predicted octanol–water partition coefficient (Wildman–Crippen LogP) is 4.09. The molecule has 1 fully saturated rings. The van der Waals surface area contributed by atoms with Crippen LogP contribution in [0.25, 0.3) is 0 Å². The summed E-state index contributed by atoms with van der Waals surface area (Å²) in [6, 6.07) is 9.13. The molecule has 160 valence electrons. The van der Waals surface area contributed by atoms with E-state index in [4.69, 9.17) is 16.3 Å². The molecule has 8 nitrogen and oxygen atoms in total. The van der Waals surface area contributed by atoms with Gasteiger partial charge in [0.25, 0.3) is 11.6 Å². The monoisotopic (exact) mass is 477 g/mol. The highest BCUT2D eigenvalue weighted by atomic mass is 35.5. The van der Waals surface area contributed by atoms with Crippen molar-refractivity contribution in [3.8, 4) is 0 Å². The molecule has 11 heteroatoms. The van der Waals surface area contributed by atoms with Crippen LogP contribution in [0.5, 0.6) is 0 Å². The van der Waals surface area contributed by atoms with Gasteiger partial charge in [-0.3, -0.25) is 24.8 Å². The van der Waals surface area contributed by atoms with Crippen molar-refractivity contribution in [3.05, 3.63) is 73.1 Å². The van der Waals surface area contributed by atoms with Gasteiger partial charge in [-0.1, -0.05) is 29.4 Å². The summed E-state index contributed by atoms with van der Waals surface area (Å²) in [4.78, 5) is 42.6. The number of hydrogen-bond acceptors (Lipinski definition) is 8. The second-order valence-electron chi connectivity index (χ2n) is 6.82. The zero-order chi connectivity index (χ0) is 22.1. The van der Waals surface area contributed by atoms with Crippen LogP contribution < -0.4 is 0 Å². The molecule has 2 atom stereocenters. The molecule has 1 aromatic heterocycles. The second-order valence-corrected chi connectivity index (χ2v) is 9.61. The van der Waals surface area contributed by atoms with Crippen LogP contribution in [0.2, 0.25) is 0 Å². The molecule has 0 saturated carbocycles. The van der Waals surface area contributed by atoms with Crippen molar-refractivity contribution in [3.63, 3.8) is 0 Å². The molecular weight excluding hydrogens is 462 g/mol. The minimum absolute atomic E-state index is 0.00472. The highest BCUT2D eigenvalue weighted by molar-refractivity contribution is 8.14. The molecule has 2 unspecified atom stereocenters. The quantitative estimate of drug-likeness (QED) is 0.195. The Balaban J connectivity index is 1.41. The molecule has 0 bridgehead atoms. The highest BCUT2D eigenvalue weighted by Crippen LogP contribution is 2.43. The Bertz CT molecular complexity index is 1090. The summed E-state index contributed by atoms with van der Waals surface area (Å²) in [5, 5.41) is 13.4. The van der Waals surface area contributed by atoms with Crippen LogP contribution >= 0.6 is 34.7 Å². The number of aliphatic imine (C=N–C) groups is 1. The van der Waals surface area contributed by atoms with Crippen molar-refractivity contribution in [2.45, 2.75) is 31.4 Å². The fourth-order valence-corrected chi connectivity index (χ4v) is 5.51. The van der Waals surface area contributed by atoms with E-state index in [1.165, 1.54) is 47.9 Å². The normalized spacial score (nSPS) is 20.5. The summed E-state index contributed by atoms with van der Waals surface area (Å²) in [5.74, 6) is -1.02. The molecule has 0 radical (unpaired) electrons. The minimum atomic E-state index is -0.732. The number of thioether (sulfide) groups is 1. The Morgan fingerprint density at radius 1 is 1.32 bits per heavy atom. The number of benzene rings is 1. The van der Waals surface area contributed by atoms with Gasteiger partial charge >= 0.3 is 5.97 Å². The summed E-state index contributed by atoms with van der Waals surface area (Å²) in [6.45, 7) is 1.42. The molecule has 31 heavy (non-hydrogen) atoms. The number of thiophene rings is 1. The van der Waals surface area contributed by atoms with Crippen molar-refractivity contribution < 1.29 is 19.2 Å². The summed E-state index contributed by atoms with van der Waals surface area (Å²) < 4.78 is 5.33. The van der Waals surface area contributed by atoms with Gasteiger partial charge in [0.05, 0.1) is 9.97 Å². The Hall–Kier alpha value is -2.69. The van der Waals surface area contributed by atoms with Crippen LogP contribution in [-0.2, 0) is 27.4 Å². The summed E-state index contributed by atoms with van der Waals surface area (Å²) >= 11 is 9.23. The van der Waals surface area contributed by atoms with Crippen molar-refractivity contribution in [2.24, 2.45) is 4.99 Å². The summed E-state index contributed by atoms with van der Waals surface area (Å²) in [7, 11) is 0. The van der Waals surface area contributed by atoms with E-state index in [-0.39, 0.29) is 34.3 Å². The third-order valence-electron chi connectivity index (χ3n) is 4.74. The number of β-lactam (4-membered cyclic amide) rings is 1. The Morgan fingerprint density at radius 3 is 2.68 bits per heavy atom. The van der Waals surface area contributed by atoms with Gasteiger partial charge in [0.15, 0.2) is 6.04 Å². The molecule has 1 saturated heterocycles. The molecule has 1 aromatic carbocycles. The van der Waals surface area contributed by atoms with Gasteiger partial charge in [0, 0.05) is 28.5 Å². The summed E-state index contributed by atoms with van der Waals surface area (Å²) in [5.41, 5.74) is 0.520. The molecule has 1 amide bonds. The number of non-ortho nitro benzene ring substituents is 1. The lowest BCUT2D eigenvalue weighted by Gasteiger charge is -2.41. The predicted molar refractivity (Wildman–Crippen MR) is 119 cm³/mol. The lowest BCUT2D eigenvalue weighted by Crippen LogP contribution is -2.61. The standard InChI is InChI=1S/C20H16ClN3O5S2/c1-11(21)17(20(26)29-10-12-4-6-13(7-5-12)24(27)28)23-18(25)16-19(23)31-15(22-16)9-14-3-2-8-30-14/h2-8,16,19H,9-10H2,1H3. The Kier molecular flexibility index (Phi) is 6.12. The number of likely N-dealkylation sites (tertiary alicyclic amines) is 1. The van der Waals surface area contributed by atoms with Gasteiger partial charge in [-0.25, -0.2) is 4.79 Å². The highest BCUT2D eigenvalue weighted by Gasteiger charge is 2.55. The number of nitrogens with zero attached hydrogens (tertiary/aromatic N) is 3. The van der Waals surface area contributed by atoms with E-state index in [0.29, 0.717) is 12.0 Å². The van der Waals surface area contributed by atoms with Gasteiger partial charge in [0.1, 0.15) is 17.7 Å². The number of ether oxygens (including phenoxy) is 1. The first kappa shape index (κ1) is 21.5. The van der Waals surface area contributed by atoms with E-state index in [9.17, 15) is 19.7 Å². The molecule has 2 aliphatic heterocycles. The summed E-state index contributed by atoms with van der Waals surface area (Å²) in [6.07, 6.45) is 0.653. The molecule has 2 aliphatic rings. The molecular formula is C20H16ClN3O5S2. The first-order valence-corrected chi connectivity index (χ1v) is 11.3. The van der Waals surface area contributed by atoms with E-state index in [2.05, 4.69) is 4.99 Å². The van der Waals surface area contributed by atoms with Gasteiger partial charge in [0.2, 0.25) is 0 Å². The second kappa shape index (κ2) is 8.81. The number of rotatable bonds is 7. The maximum absolute atomic E-state index is 12.7. The average molecular weight is 478 g/mol. The topological polar surface area (TPSA) is 102 Å². The van der Waals surface area contributed by atoms with E-state index in [1.54, 1.807) is 11.3 Å². The lowest BCUT2D eigenvalue weighted by molar-refractivity contribution is -0.384. The van der Waals surface area contributed by atoms with Gasteiger partial charge in [-0.15, -0.1) is 11.3 Å². The maximum Gasteiger partial charge on any atom is 0.356 e. The molecule has 2 aromatic rings. The number of allylic oxidation sites excluding steroid dienone is 1. The van der Waals surface area contributed by atoms with E-state index < -0.39 is 16.9 Å². The third-order valence-corrected chi connectivity index (χ3v) is 7.03. The molecule has 0 spiro atoms. The first-order chi connectivity index (χ1) is 14.8. The Morgan fingerprint density at radius 2 is 2.06 bits per heavy atom.